The maximum absolute atomic E-state index is 12.6. The summed E-state index contributed by atoms with van der Waals surface area (Å²) >= 11 is 0. The van der Waals surface area contributed by atoms with Gasteiger partial charge < -0.3 is 9.80 Å². The molecule has 6 nitrogen and oxygen atoms in total. The molecule has 0 saturated carbocycles. The van der Waals surface area contributed by atoms with E-state index in [1.54, 1.807) is 29.2 Å². The zero-order valence-corrected chi connectivity index (χ0v) is 17.2. The van der Waals surface area contributed by atoms with E-state index in [0.29, 0.717) is 13.0 Å². The van der Waals surface area contributed by atoms with Crippen molar-refractivity contribution in [2.45, 2.75) is 38.1 Å². The number of carbonyl (C=O) groups is 1. The van der Waals surface area contributed by atoms with Gasteiger partial charge in [0.25, 0.3) is 0 Å². The average Bonchev–Trinajstić information content (AvgIpc) is 3.14. The van der Waals surface area contributed by atoms with E-state index in [2.05, 4.69) is 23.5 Å². The zero-order chi connectivity index (χ0) is 20.1. The van der Waals surface area contributed by atoms with E-state index < -0.39 is 10.0 Å². The Morgan fingerprint density at radius 1 is 1.00 bits per heavy atom. The summed E-state index contributed by atoms with van der Waals surface area (Å²) in [5.74, 6) is 0.0851. The molecule has 0 bridgehead atoms. The summed E-state index contributed by atoms with van der Waals surface area (Å²) in [5, 5.41) is 0. The minimum Gasteiger partial charge on any atom is -0.372 e. The van der Waals surface area contributed by atoms with Crippen LogP contribution in [0.5, 0.6) is 0 Å². The van der Waals surface area contributed by atoms with Crippen LogP contribution in [0.4, 0.5) is 11.4 Å². The van der Waals surface area contributed by atoms with Crippen molar-refractivity contribution < 1.29 is 13.2 Å². The minimum atomic E-state index is -3.61. The Kier molecular flexibility index (Phi) is 6.36. The van der Waals surface area contributed by atoms with Crippen molar-refractivity contribution in [3.63, 3.8) is 0 Å². The summed E-state index contributed by atoms with van der Waals surface area (Å²) in [5.41, 5.74) is 2.77. The molecule has 0 aliphatic carbocycles. The molecule has 28 heavy (non-hydrogen) atoms. The highest BCUT2D eigenvalue weighted by molar-refractivity contribution is 7.89. The van der Waals surface area contributed by atoms with Gasteiger partial charge in [0, 0.05) is 44.0 Å². The smallest absolute Gasteiger partial charge is 0.240 e. The van der Waals surface area contributed by atoms with Crippen LogP contribution >= 0.6 is 0 Å². The second-order valence-corrected chi connectivity index (χ2v) is 8.57. The van der Waals surface area contributed by atoms with E-state index in [9.17, 15) is 13.2 Å². The number of nitrogens with zero attached hydrogens (tertiary/aromatic N) is 2. The molecule has 7 heteroatoms. The molecule has 1 N–H and O–H groups in total. The lowest BCUT2D eigenvalue weighted by molar-refractivity contribution is -0.117. The maximum Gasteiger partial charge on any atom is 0.240 e. The SMILES string of the molecule is CCN(CC)c1ccc(CNS(=O)(=O)c2ccc(N3CCCC3=O)cc2)cc1. The highest BCUT2D eigenvalue weighted by atomic mass is 32.2. The second kappa shape index (κ2) is 8.75. The van der Waals surface area contributed by atoms with Crippen LogP contribution in [-0.4, -0.2) is 34.0 Å². The van der Waals surface area contributed by atoms with Crippen molar-refractivity contribution in [3.05, 3.63) is 54.1 Å². The molecular weight excluding hydrogens is 374 g/mol. The number of nitrogens with one attached hydrogen (secondary N) is 1. The van der Waals surface area contributed by atoms with E-state index >= 15 is 0 Å². The van der Waals surface area contributed by atoms with Crippen molar-refractivity contribution >= 4 is 27.3 Å². The van der Waals surface area contributed by atoms with E-state index in [1.165, 1.54) is 0 Å². The summed E-state index contributed by atoms with van der Waals surface area (Å²) in [7, 11) is -3.61. The van der Waals surface area contributed by atoms with Gasteiger partial charge in [-0.3, -0.25) is 4.79 Å². The summed E-state index contributed by atoms with van der Waals surface area (Å²) in [4.78, 5) is 15.9. The fourth-order valence-electron chi connectivity index (χ4n) is 3.40. The van der Waals surface area contributed by atoms with Crippen LogP contribution in [0.15, 0.2) is 53.4 Å². The zero-order valence-electron chi connectivity index (χ0n) is 16.4. The monoisotopic (exact) mass is 401 g/mol. The summed E-state index contributed by atoms with van der Waals surface area (Å²) in [6.07, 6.45) is 1.39. The van der Waals surface area contributed by atoms with Gasteiger partial charge in [-0.15, -0.1) is 0 Å². The van der Waals surface area contributed by atoms with E-state index in [1.807, 2.05) is 24.3 Å². The molecule has 0 atom stereocenters. The van der Waals surface area contributed by atoms with Crippen molar-refractivity contribution in [1.29, 1.82) is 0 Å². The molecule has 1 aliphatic rings. The first-order valence-corrected chi connectivity index (χ1v) is 11.2. The third-order valence-electron chi connectivity index (χ3n) is 5.06. The molecule has 2 aromatic rings. The molecular formula is C21H27N3O3S. The van der Waals surface area contributed by atoms with Gasteiger partial charge in [-0.05, 0) is 62.2 Å². The molecule has 1 heterocycles. The molecule has 1 aliphatic heterocycles. The number of sulfonamides is 1. The number of benzene rings is 2. The molecule has 0 aromatic heterocycles. The summed E-state index contributed by atoms with van der Waals surface area (Å²) in [6.45, 7) is 7.00. The van der Waals surface area contributed by atoms with Gasteiger partial charge in [-0.1, -0.05) is 12.1 Å². The lowest BCUT2D eigenvalue weighted by Crippen LogP contribution is -2.25. The Balaban J connectivity index is 1.64. The number of hydrogen-bond donors (Lipinski definition) is 1. The normalized spacial score (nSPS) is 14.5. The molecule has 150 valence electrons. The van der Waals surface area contributed by atoms with Gasteiger partial charge in [0.05, 0.1) is 4.90 Å². The average molecular weight is 402 g/mol. The molecule has 2 aromatic carbocycles. The standard InChI is InChI=1S/C21H27N3O3S/c1-3-23(4-2)18-9-7-17(8-10-18)16-22-28(26,27)20-13-11-19(12-14-20)24-15-5-6-21(24)25/h7-14,22H,3-6,15-16H2,1-2H3. The molecule has 3 rings (SSSR count). The Morgan fingerprint density at radius 2 is 1.64 bits per heavy atom. The Hall–Kier alpha value is -2.38. The molecule has 1 saturated heterocycles. The van der Waals surface area contributed by atoms with Crippen molar-refractivity contribution in [2.24, 2.45) is 0 Å². The molecule has 0 unspecified atom stereocenters. The minimum absolute atomic E-state index is 0.0851. The van der Waals surface area contributed by atoms with Crippen molar-refractivity contribution in [3.8, 4) is 0 Å². The second-order valence-electron chi connectivity index (χ2n) is 6.81. The topological polar surface area (TPSA) is 69.7 Å². The highest BCUT2D eigenvalue weighted by Crippen LogP contribution is 2.23. The first kappa shape index (κ1) is 20.4. The Morgan fingerprint density at radius 3 is 2.18 bits per heavy atom. The lowest BCUT2D eigenvalue weighted by atomic mass is 10.2. The third kappa shape index (κ3) is 4.54. The van der Waals surface area contributed by atoms with Crippen LogP contribution < -0.4 is 14.5 Å². The number of rotatable bonds is 8. The lowest BCUT2D eigenvalue weighted by Gasteiger charge is -2.21. The maximum atomic E-state index is 12.6. The predicted octanol–water partition coefficient (Wildman–Crippen LogP) is 3.14. The van der Waals surface area contributed by atoms with Gasteiger partial charge >= 0.3 is 0 Å². The van der Waals surface area contributed by atoms with Gasteiger partial charge in [0.1, 0.15) is 0 Å². The van der Waals surface area contributed by atoms with E-state index in [0.717, 1.165) is 36.4 Å². The third-order valence-corrected chi connectivity index (χ3v) is 6.48. The summed E-state index contributed by atoms with van der Waals surface area (Å²) < 4.78 is 27.8. The Bertz CT molecular complexity index is 905. The van der Waals surface area contributed by atoms with Crippen LogP contribution in [0.25, 0.3) is 0 Å². The van der Waals surface area contributed by atoms with Crippen LogP contribution in [0.1, 0.15) is 32.3 Å². The predicted molar refractivity (Wildman–Crippen MR) is 112 cm³/mol. The number of carbonyl (C=O) groups excluding carboxylic acids is 1. The fourth-order valence-corrected chi connectivity index (χ4v) is 4.42. The van der Waals surface area contributed by atoms with E-state index in [4.69, 9.17) is 0 Å². The van der Waals surface area contributed by atoms with Crippen LogP contribution in [-0.2, 0) is 21.4 Å². The quantitative estimate of drug-likeness (QED) is 0.738. The number of amides is 1. The molecule has 0 spiro atoms. The van der Waals surface area contributed by atoms with Crippen LogP contribution in [0.2, 0.25) is 0 Å². The fraction of sp³-hybridized carbons (Fsp3) is 0.381. The van der Waals surface area contributed by atoms with Crippen molar-refractivity contribution in [1.82, 2.24) is 4.72 Å². The summed E-state index contributed by atoms with van der Waals surface area (Å²) in [6, 6.07) is 14.4. The number of anilines is 2. The number of hydrogen-bond acceptors (Lipinski definition) is 4. The van der Waals surface area contributed by atoms with Crippen LogP contribution in [0, 0.1) is 0 Å². The molecule has 1 amide bonds. The first-order valence-electron chi connectivity index (χ1n) is 9.68. The van der Waals surface area contributed by atoms with Crippen LogP contribution in [0.3, 0.4) is 0 Å². The first-order chi connectivity index (χ1) is 13.4. The molecule has 1 fully saturated rings. The van der Waals surface area contributed by atoms with Gasteiger partial charge in [-0.2, -0.15) is 0 Å². The van der Waals surface area contributed by atoms with Gasteiger partial charge in [-0.25, -0.2) is 13.1 Å². The van der Waals surface area contributed by atoms with Gasteiger partial charge in [0.15, 0.2) is 0 Å². The van der Waals surface area contributed by atoms with Gasteiger partial charge in [0.2, 0.25) is 15.9 Å². The largest absolute Gasteiger partial charge is 0.372 e. The molecule has 0 radical (unpaired) electrons. The Labute approximate surface area is 167 Å². The van der Waals surface area contributed by atoms with E-state index in [-0.39, 0.29) is 17.3 Å². The van der Waals surface area contributed by atoms with Crippen molar-refractivity contribution in [2.75, 3.05) is 29.4 Å². The highest BCUT2D eigenvalue weighted by Gasteiger charge is 2.22.